The number of benzene rings is 1. The van der Waals surface area contributed by atoms with Crippen molar-refractivity contribution >= 4 is 17.4 Å². The molecule has 6 heteroatoms. The Morgan fingerprint density at radius 2 is 2.00 bits per heavy atom. The Morgan fingerprint density at radius 1 is 1.12 bits per heavy atom. The maximum atomic E-state index is 6.24. The summed E-state index contributed by atoms with van der Waals surface area (Å²) in [6, 6.07) is 14.1. The van der Waals surface area contributed by atoms with Crippen molar-refractivity contribution in [1.82, 2.24) is 15.0 Å². The summed E-state index contributed by atoms with van der Waals surface area (Å²) in [6.07, 6.45) is 3.28. The smallest absolute Gasteiger partial charge is 0.318 e. The van der Waals surface area contributed by atoms with Gasteiger partial charge in [-0.2, -0.15) is 4.98 Å². The van der Waals surface area contributed by atoms with Crippen molar-refractivity contribution in [3.63, 3.8) is 0 Å². The number of aromatic nitrogens is 3. The average molecular weight is 341 g/mol. The SMILES string of the molecule is COc1ncc(Cl)c(NC(c2cccc(C)c2)c2ccccn2)n1. The first-order valence-corrected chi connectivity index (χ1v) is 7.85. The van der Waals surface area contributed by atoms with E-state index >= 15 is 0 Å². The molecule has 0 fully saturated rings. The summed E-state index contributed by atoms with van der Waals surface area (Å²) < 4.78 is 5.09. The number of methoxy groups -OCH3 is 1. The summed E-state index contributed by atoms with van der Waals surface area (Å²) in [5, 5.41) is 3.78. The molecule has 0 aliphatic heterocycles. The van der Waals surface area contributed by atoms with Crippen LogP contribution in [0.2, 0.25) is 5.02 Å². The molecular weight excluding hydrogens is 324 g/mol. The molecule has 0 bridgehead atoms. The first-order valence-electron chi connectivity index (χ1n) is 7.48. The number of hydrogen-bond acceptors (Lipinski definition) is 5. The second-order valence-electron chi connectivity index (χ2n) is 5.30. The molecule has 2 heterocycles. The third-order valence-electron chi connectivity index (χ3n) is 3.54. The zero-order chi connectivity index (χ0) is 16.9. The van der Waals surface area contributed by atoms with Gasteiger partial charge in [-0.1, -0.05) is 47.5 Å². The highest BCUT2D eigenvalue weighted by molar-refractivity contribution is 6.32. The van der Waals surface area contributed by atoms with E-state index in [-0.39, 0.29) is 12.1 Å². The molecule has 1 atom stereocenters. The lowest BCUT2D eigenvalue weighted by Gasteiger charge is -2.20. The summed E-state index contributed by atoms with van der Waals surface area (Å²) in [5.74, 6) is 0.501. The number of aryl methyl sites for hydroxylation is 1. The summed E-state index contributed by atoms with van der Waals surface area (Å²) in [4.78, 5) is 12.8. The number of nitrogens with zero attached hydrogens (tertiary/aromatic N) is 3. The third-order valence-corrected chi connectivity index (χ3v) is 3.82. The molecule has 24 heavy (non-hydrogen) atoms. The number of nitrogens with one attached hydrogen (secondary N) is 1. The van der Waals surface area contributed by atoms with Gasteiger partial charge in [0.1, 0.15) is 5.02 Å². The number of ether oxygens (including phenoxy) is 1. The predicted octanol–water partition coefficient (Wildman–Crippen LogP) is 4.04. The van der Waals surface area contributed by atoms with Crippen molar-refractivity contribution in [3.8, 4) is 6.01 Å². The van der Waals surface area contributed by atoms with E-state index in [0.717, 1.165) is 11.3 Å². The van der Waals surface area contributed by atoms with Gasteiger partial charge in [0.15, 0.2) is 5.82 Å². The molecular formula is C18H17ClN4O. The minimum atomic E-state index is -0.191. The number of hydrogen-bond donors (Lipinski definition) is 1. The summed E-state index contributed by atoms with van der Waals surface area (Å²) in [7, 11) is 1.52. The highest BCUT2D eigenvalue weighted by Gasteiger charge is 2.18. The van der Waals surface area contributed by atoms with Crippen LogP contribution in [0.3, 0.4) is 0 Å². The number of pyridine rings is 1. The summed E-state index contributed by atoms with van der Waals surface area (Å²) in [5.41, 5.74) is 3.11. The van der Waals surface area contributed by atoms with Gasteiger partial charge in [0.25, 0.3) is 0 Å². The Morgan fingerprint density at radius 3 is 2.71 bits per heavy atom. The molecule has 0 aliphatic rings. The van der Waals surface area contributed by atoms with Crippen molar-refractivity contribution < 1.29 is 4.74 Å². The Kier molecular flexibility index (Phi) is 4.91. The maximum absolute atomic E-state index is 6.24. The highest BCUT2D eigenvalue weighted by atomic mass is 35.5. The molecule has 0 aliphatic carbocycles. The van der Waals surface area contributed by atoms with Crippen molar-refractivity contribution in [2.24, 2.45) is 0 Å². The van der Waals surface area contributed by atoms with E-state index in [1.807, 2.05) is 30.3 Å². The predicted molar refractivity (Wildman–Crippen MR) is 94.5 cm³/mol. The molecule has 0 saturated heterocycles. The van der Waals surface area contributed by atoms with Gasteiger partial charge < -0.3 is 10.1 Å². The Balaban J connectivity index is 2.03. The highest BCUT2D eigenvalue weighted by Crippen LogP contribution is 2.29. The van der Waals surface area contributed by atoms with Crippen LogP contribution in [0.5, 0.6) is 6.01 Å². The molecule has 1 aromatic carbocycles. The monoisotopic (exact) mass is 340 g/mol. The van der Waals surface area contributed by atoms with Crippen LogP contribution in [0, 0.1) is 6.92 Å². The Labute approximate surface area is 145 Å². The normalized spacial score (nSPS) is 11.8. The standard InChI is InChI=1S/C18H17ClN4O/c1-12-6-5-7-13(10-12)16(15-8-3-4-9-20-15)22-17-14(19)11-21-18(23-17)24-2/h3-11,16H,1-2H3,(H,21,22,23). The molecule has 1 N–H and O–H groups in total. The Hall–Kier alpha value is -2.66. The van der Waals surface area contributed by atoms with E-state index in [1.165, 1.54) is 18.9 Å². The van der Waals surface area contributed by atoms with Gasteiger partial charge >= 0.3 is 6.01 Å². The zero-order valence-corrected chi connectivity index (χ0v) is 14.2. The molecule has 3 aromatic rings. The molecule has 2 aromatic heterocycles. The number of rotatable bonds is 5. The quantitative estimate of drug-likeness (QED) is 0.759. The number of halogens is 1. The van der Waals surface area contributed by atoms with Crippen LogP contribution in [-0.2, 0) is 0 Å². The fourth-order valence-corrected chi connectivity index (χ4v) is 2.56. The van der Waals surface area contributed by atoms with Gasteiger partial charge in [-0.3, -0.25) is 4.98 Å². The van der Waals surface area contributed by atoms with Gasteiger partial charge in [-0.15, -0.1) is 0 Å². The van der Waals surface area contributed by atoms with Crippen LogP contribution >= 0.6 is 11.6 Å². The summed E-state index contributed by atoms with van der Waals surface area (Å²) >= 11 is 6.24. The fraction of sp³-hybridized carbons (Fsp3) is 0.167. The molecule has 0 radical (unpaired) electrons. The summed E-state index contributed by atoms with van der Waals surface area (Å²) in [6.45, 7) is 2.06. The van der Waals surface area contributed by atoms with E-state index in [2.05, 4.69) is 39.3 Å². The minimum Gasteiger partial charge on any atom is -0.467 e. The molecule has 0 amide bonds. The molecule has 5 nitrogen and oxygen atoms in total. The maximum Gasteiger partial charge on any atom is 0.318 e. The van der Waals surface area contributed by atoms with Gasteiger partial charge in [-0.05, 0) is 24.6 Å². The van der Waals surface area contributed by atoms with Gasteiger partial charge in [0, 0.05) is 6.20 Å². The van der Waals surface area contributed by atoms with Gasteiger partial charge in [0.2, 0.25) is 0 Å². The molecule has 1 unspecified atom stereocenters. The third kappa shape index (κ3) is 3.63. The van der Waals surface area contributed by atoms with E-state index < -0.39 is 0 Å². The van der Waals surface area contributed by atoms with E-state index in [4.69, 9.17) is 16.3 Å². The fourth-order valence-electron chi connectivity index (χ4n) is 2.41. The first kappa shape index (κ1) is 16.2. The van der Waals surface area contributed by atoms with Gasteiger partial charge in [0.05, 0.1) is 25.0 Å². The lowest BCUT2D eigenvalue weighted by molar-refractivity contribution is 0.380. The van der Waals surface area contributed by atoms with E-state index in [9.17, 15) is 0 Å². The topological polar surface area (TPSA) is 59.9 Å². The first-order chi connectivity index (χ1) is 11.7. The zero-order valence-electron chi connectivity index (χ0n) is 13.4. The average Bonchev–Trinajstić information content (AvgIpc) is 2.61. The van der Waals surface area contributed by atoms with Crippen LogP contribution in [0.25, 0.3) is 0 Å². The second kappa shape index (κ2) is 7.27. The largest absolute Gasteiger partial charge is 0.467 e. The van der Waals surface area contributed by atoms with Crippen LogP contribution in [0.4, 0.5) is 5.82 Å². The van der Waals surface area contributed by atoms with Crippen LogP contribution < -0.4 is 10.1 Å². The van der Waals surface area contributed by atoms with Crippen LogP contribution in [0.1, 0.15) is 22.9 Å². The lowest BCUT2D eigenvalue weighted by Crippen LogP contribution is -2.15. The minimum absolute atomic E-state index is 0.191. The lowest BCUT2D eigenvalue weighted by atomic mass is 10.0. The molecule has 122 valence electrons. The van der Waals surface area contributed by atoms with E-state index in [0.29, 0.717) is 10.8 Å². The molecule has 0 spiro atoms. The van der Waals surface area contributed by atoms with Crippen molar-refractivity contribution in [2.75, 3.05) is 12.4 Å². The van der Waals surface area contributed by atoms with Crippen LogP contribution in [-0.4, -0.2) is 22.1 Å². The second-order valence-corrected chi connectivity index (χ2v) is 5.71. The van der Waals surface area contributed by atoms with Crippen molar-refractivity contribution in [2.45, 2.75) is 13.0 Å². The van der Waals surface area contributed by atoms with E-state index in [1.54, 1.807) is 6.20 Å². The Bertz CT molecular complexity index is 826. The number of anilines is 1. The van der Waals surface area contributed by atoms with Crippen LogP contribution in [0.15, 0.2) is 54.9 Å². The van der Waals surface area contributed by atoms with Crippen molar-refractivity contribution in [3.05, 3.63) is 76.7 Å². The molecule has 0 saturated carbocycles. The van der Waals surface area contributed by atoms with Gasteiger partial charge in [-0.25, -0.2) is 4.98 Å². The van der Waals surface area contributed by atoms with Crippen molar-refractivity contribution in [1.29, 1.82) is 0 Å². The molecule has 3 rings (SSSR count).